The van der Waals surface area contributed by atoms with Crippen LogP contribution in [-0.2, 0) is 16.1 Å². The van der Waals surface area contributed by atoms with Crippen LogP contribution < -0.4 is 0 Å². The number of carbonyl (C=O) groups is 2. The predicted molar refractivity (Wildman–Crippen MR) is 69.9 cm³/mol. The molecule has 0 spiro atoms. The second-order valence-electron chi connectivity index (χ2n) is 4.87. The van der Waals surface area contributed by atoms with Gasteiger partial charge in [-0.15, -0.1) is 0 Å². The first-order chi connectivity index (χ1) is 9.56. The Hall–Kier alpha value is -2.08. The Morgan fingerprint density at radius 1 is 1.25 bits per heavy atom. The Morgan fingerprint density at radius 3 is 2.60 bits per heavy atom. The van der Waals surface area contributed by atoms with Crippen LogP contribution in [0, 0.1) is 5.92 Å². The topological polar surface area (TPSA) is 87.1 Å². The number of piperidine rings is 1. The van der Waals surface area contributed by atoms with Gasteiger partial charge in [-0.05, 0) is 12.0 Å². The first-order valence-corrected chi connectivity index (χ1v) is 6.42. The summed E-state index contributed by atoms with van der Waals surface area (Å²) in [4.78, 5) is 24.1. The molecule has 2 N–H and O–H groups in total. The van der Waals surface area contributed by atoms with E-state index in [-0.39, 0.29) is 26.1 Å². The Bertz CT molecular complexity index is 476. The monoisotopic (exact) mass is 279 g/mol. The molecule has 2 atom stereocenters. The van der Waals surface area contributed by atoms with Gasteiger partial charge in [0.2, 0.25) is 0 Å². The molecule has 1 amide bonds. The maximum atomic E-state index is 11.9. The van der Waals surface area contributed by atoms with Crippen molar-refractivity contribution in [1.82, 2.24) is 4.90 Å². The van der Waals surface area contributed by atoms with E-state index in [9.17, 15) is 14.7 Å². The molecule has 0 unspecified atom stereocenters. The van der Waals surface area contributed by atoms with E-state index in [2.05, 4.69) is 0 Å². The number of aliphatic hydroxyl groups excluding tert-OH is 1. The summed E-state index contributed by atoms with van der Waals surface area (Å²) in [6, 6.07) is 9.21. The maximum absolute atomic E-state index is 11.9. The van der Waals surface area contributed by atoms with Gasteiger partial charge < -0.3 is 19.8 Å². The first-order valence-electron chi connectivity index (χ1n) is 6.42. The molecule has 0 saturated carbocycles. The van der Waals surface area contributed by atoms with Gasteiger partial charge in [0.15, 0.2) is 0 Å². The van der Waals surface area contributed by atoms with Gasteiger partial charge in [-0.25, -0.2) is 4.79 Å². The highest BCUT2D eigenvalue weighted by atomic mass is 16.6. The van der Waals surface area contributed by atoms with Crippen LogP contribution in [0.2, 0.25) is 0 Å². The summed E-state index contributed by atoms with van der Waals surface area (Å²) in [5.41, 5.74) is 0.855. The number of carboxylic acid groups (broad SMARTS) is 1. The van der Waals surface area contributed by atoms with Crippen LogP contribution in [0.25, 0.3) is 0 Å². The van der Waals surface area contributed by atoms with Crippen molar-refractivity contribution in [3.8, 4) is 0 Å². The lowest BCUT2D eigenvalue weighted by Crippen LogP contribution is -2.48. The molecule has 0 aliphatic carbocycles. The molecular formula is C14H17NO5. The Morgan fingerprint density at radius 2 is 1.95 bits per heavy atom. The average Bonchev–Trinajstić information content (AvgIpc) is 2.45. The second kappa shape index (κ2) is 6.38. The summed E-state index contributed by atoms with van der Waals surface area (Å²) in [6.45, 7) is 0.307. The highest BCUT2D eigenvalue weighted by Crippen LogP contribution is 2.18. The summed E-state index contributed by atoms with van der Waals surface area (Å²) in [5, 5.41) is 18.6. The number of aliphatic carboxylic acids is 1. The number of benzene rings is 1. The number of carbonyl (C=O) groups excluding carboxylic acids is 1. The number of nitrogens with zero attached hydrogens (tertiary/aromatic N) is 1. The number of β-amino-alcohol motifs (C(OH)–C–C–N with tert-alkyl or cyclic N) is 1. The number of ether oxygens (including phenoxy) is 1. The lowest BCUT2D eigenvalue weighted by atomic mass is 9.96. The summed E-state index contributed by atoms with van der Waals surface area (Å²) in [6.07, 6.45) is -1.26. The van der Waals surface area contributed by atoms with Gasteiger partial charge in [0.05, 0.1) is 12.0 Å². The van der Waals surface area contributed by atoms with Crippen LogP contribution >= 0.6 is 0 Å². The molecule has 1 heterocycles. The Labute approximate surface area is 116 Å². The molecule has 1 aliphatic heterocycles. The lowest BCUT2D eigenvalue weighted by Gasteiger charge is -2.33. The fourth-order valence-electron chi connectivity index (χ4n) is 2.21. The third-order valence-electron chi connectivity index (χ3n) is 3.24. The molecule has 108 valence electrons. The lowest BCUT2D eigenvalue weighted by molar-refractivity contribution is -0.145. The number of amides is 1. The predicted octanol–water partition coefficient (Wildman–Crippen LogP) is 1.09. The van der Waals surface area contributed by atoms with Crippen LogP contribution in [0.4, 0.5) is 4.79 Å². The molecule has 1 aromatic carbocycles. The van der Waals surface area contributed by atoms with Crippen LogP contribution in [-0.4, -0.2) is 46.4 Å². The number of carboxylic acids is 1. The molecular weight excluding hydrogens is 262 g/mol. The molecule has 6 heteroatoms. The fraction of sp³-hybridized carbons (Fsp3) is 0.429. The molecule has 20 heavy (non-hydrogen) atoms. The zero-order valence-corrected chi connectivity index (χ0v) is 10.9. The van der Waals surface area contributed by atoms with Gasteiger partial charge >= 0.3 is 12.1 Å². The number of hydrogen-bond acceptors (Lipinski definition) is 4. The molecule has 0 bridgehead atoms. The van der Waals surface area contributed by atoms with E-state index in [1.165, 1.54) is 4.90 Å². The summed E-state index contributed by atoms with van der Waals surface area (Å²) in [7, 11) is 0. The Kier molecular flexibility index (Phi) is 4.57. The third kappa shape index (κ3) is 3.71. The van der Waals surface area contributed by atoms with Crippen molar-refractivity contribution in [2.24, 2.45) is 5.92 Å². The molecule has 1 saturated heterocycles. The molecule has 1 aromatic rings. The second-order valence-corrected chi connectivity index (χ2v) is 4.87. The van der Waals surface area contributed by atoms with Gasteiger partial charge in [0.25, 0.3) is 0 Å². The van der Waals surface area contributed by atoms with Crippen molar-refractivity contribution >= 4 is 12.1 Å². The molecule has 0 aromatic heterocycles. The highest BCUT2D eigenvalue weighted by Gasteiger charge is 2.33. The van der Waals surface area contributed by atoms with Gasteiger partial charge in [0.1, 0.15) is 6.61 Å². The van der Waals surface area contributed by atoms with Gasteiger partial charge in [-0.2, -0.15) is 0 Å². The minimum absolute atomic E-state index is 0.0695. The largest absolute Gasteiger partial charge is 0.481 e. The zero-order valence-electron chi connectivity index (χ0n) is 10.9. The quantitative estimate of drug-likeness (QED) is 0.865. The SMILES string of the molecule is O=C(O)[C@@H]1C[C@H](O)CN(C(=O)OCc2ccccc2)C1. The van der Waals surface area contributed by atoms with Crippen LogP contribution in [0.15, 0.2) is 30.3 Å². The number of hydrogen-bond donors (Lipinski definition) is 2. The zero-order chi connectivity index (χ0) is 14.5. The van der Waals surface area contributed by atoms with Crippen LogP contribution in [0.5, 0.6) is 0 Å². The van der Waals surface area contributed by atoms with Crippen molar-refractivity contribution in [3.63, 3.8) is 0 Å². The van der Waals surface area contributed by atoms with E-state index < -0.39 is 24.1 Å². The molecule has 1 aliphatic rings. The van der Waals surface area contributed by atoms with Crippen molar-refractivity contribution in [1.29, 1.82) is 0 Å². The third-order valence-corrected chi connectivity index (χ3v) is 3.24. The van der Waals surface area contributed by atoms with Crippen molar-refractivity contribution in [3.05, 3.63) is 35.9 Å². The van der Waals surface area contributed by atoms with Gasteiger partial charge in [-0.3, -0.25) is 4.79 Å². The number of rotatable bonds is 3. The maximum Gasteiger partial charge on any atom is 0.410 e. The molecule has 1 fully saturated rings. The standard InChI is InChI=1S/C14H17NO5/c16-12-6-11(13(17)18)7-15(8-12)14(19)20-9-10-4-2-1-3-5-10/h1-5,11-12,16H,6-9H2,(H,17,18)/t11-,12+/m1/s1. The smallest absolute Gasteiger partial charge is 0.410 e. The minimum atomic E-state index is -1.01. The summed E-state index contributed by atoms with van der Waals surface area (Å²) in [5.74, 6) is -1.76. The van der Waals surface area contributed by atoms with Crippen molar-refractivity contribution < 1.29 is 24.5 Å². The van der Waals surface area contributed by atoms with Crippen molar-refractivity contribution in [2.75, 3.05) is 13.1 Å². The van der Waals surface area contributed by atoms with E-state index >= 15 is 0 Å². The number of likely N-dealkylation sites (tertiary alicyclic amines) is 1. The summed E-state index contributed by atoms with van der Waals surface area (Å²) < 4.78 is 5.13. The highest BCUT2D eigenvalue weighted by molar-refractivity contribution is 5.73. The fourth-order valence-corrected chi connectivity index (χ4v) is 2.21. The molecule has 2 rings (SSSR count). The van der Waals surface area contributed by atoms with Gasteiger partial charge in [-0.1, -0.05) is 30.3 Å². The molecule has 6 nitrogen and oxygen atoms in total. The first kappa shape index (κ1) is 14.3. The van der Waals surface area contributed by atoms with E-state index in [1.54, 1.807) is 0 Å². The van der Waals surface area contributed by atoms with E-state index in [4.69, 9.17) is 9.84 Å². The van der Waals surface area contributed by atoms with Gasteiger partial charge in [0, 0.05) is 13.1 Å². The molecule has 0 radical (unpaired) electrons. The summed E-state index contributed by atoms with van der Waals surface area (Å²) >= 11 is 0. The van der Waals surface area contributed by atoms with Crippen LogP contribution in [0.3, 0.4) is 0 Å². The Balaban J connectivity index is 1.90. The van der Waals surface area contributed by atoms with E-state index in [0.717, 1.165) is 5.56 Å². The minimum Gasteiger partial charge on any atom is -0.481 e. The van der Waals surface area contributed by atoms with E-state index in [1.807, 2.05) is 30.3 Å². The average molecular weight is 279 g/mol. The normalized spacial score (nSPS) is 22.4. The van der Waals surface area contributed by atoms with E-state index in [0.29, 0.717) is 0 Å². The number of aliphatic hydroxyl groups is 1. The van der Waals surface area contributed by atoms with Crippen LogP contribution in [0.1, 0.15) is 12.0 Å². The van der Waals surface area contributed by atoms with Crippen molar-refractivity contribution in [2.45, 2.75) is 19.1 Å².